The summed E-state index contributed by atoms with van der Waals surface area (Å²) in [5.41, 5.74) is 6.57. The molecule has 7 heteroatoms. The number of rotatable bonds is 3. The van der Waals surface area contributed by atoms with Crippen molar-refractivity contribution in [1.82, 2.24) is 15.1 Å². The second-order valence-electron chi connectivity index (χ2n) is 8.57. The Morgan fingerprint density at radius 1 is 1.18 bits per heavy atom. The van der Waals surface area contributed by atoms with Crippen LogP contribution in [0.1, 0.15) is 44.1 Å². The predicted octanol–water partition coefficient (Wildman–Crippen LogP) is 1.44. The summed E-state index contributed by atoms with van der Waals surface area (Å²) < 4.78 is 0. The Bertz CT molecular complexity index is 773. The lowest BCUT2D eigenvalue weighted by molar-refractivity contribution is -0.139. The first-order valence-electron chi connectivity index (χ1n) is 10.1. The number of urea groups is 1. The summed E-state index contributed by atoms with van der Waals surface area (Å²) in [6, 6.07) is 9.31. The van der Waals surface area contributed by atoms with Gasteiger partial charge >= 0.3 is 6.03 Å². The number of nitrogens with one attached hydrogen (secondary N) is 1. The van der Waals surface area contributed by atoms with Crippen molar-refractivity contribution in [1.29, 1.82) is 0 Å². The maximum Gasteiger partial charge on any atom is 0.325 e. The highest BCUT2D eigenvalue weighted by atomic mass is 16.2. The highest BCUT2D eigenvalue weighted by Gasteiger charge is 2.52. The van der Waals surface area contributed by atoms with Crippen LogP contribution in [0.15, 0.2) is 30.3 Å². The van der Waals surface area contributed by atoms with E-state index in [1.807, 2.05) is 30.3 Å². The van der Waals surface area contributed by atoms with Crippen LogP contribution in [-0.4, -0.2) is 58.9 Å². The summed E-state index contributed by atoms with van der Waals surface area (Å²) in [5, 5.41) is 2.87. The highest BCUT2D eigenvalue weighted by Crippen LogP contribution is 2.36. The normalized spacial score (nSPS) is 32.9. The van der Waals surface area contributed by atoms with Crippen molar-refractivity contribution < 1.29 is 14.4 Å². The van der Waals surface area contributed by atoms with Crippen LogP contribution < -0.4 is 11.1 Å². The second kappa shape index (κ2) is 7.20. The first kappa shape index (κ1) is 18.9. The maximum absolute atomic E-state index is 12.9. The van der Waals surface area contributed by atoms with Gasteiger partial charge in [0.15, 0.2) is 0 Å². The van der Waals surface area contributed by atoms with Gasteiger partial charge in [0.2, 0.25) is 5.91 Å². The van der Waals surface area contributed by atoms with Gasteiger partial charge in [-0.2, -0.15) is 0 Å². The molecule has 0 unspecified atom stereocenters. The standard InChI is InChI=1S/C21H28N4O3/c1-14-7-9-21(10-8-14)19(27)25(20(28)23-21)13-18(26)24-11-16(17(22)12-24)15-5-3-2-4-6-15/h2-6,14,16-17H,7-13,22H2,1H3,(H,23,28)/t14?,16-,17+,21?/m0/s1. The number of carbonyl (C=O) groups is 3. The first-order valence-corrected chi connectivity index (χ1v) is 10.1. The van der Waals surface area contributed by atoms with E-state index in [2.05, 4.69) is 12.2 Å². The Labute approximate surface area is 165 Å². The van der Waals surface area contributed by atoms with Crippen molar-refractivity contribution in [3.63, 3.8) is 0 Å². The van der Waals surface area contributed by atoms with Crippen LogP contribution >= 0.6 is 0 Å². The minimum atomic E-state index is -0.808. The number of benzene rings is 1. The van der Waals surface area contributed by atoms with Crippen molar-refractivity contribution in [3.8, 4) is 0 Å². The number of hydrogen-bond acceptors (Lipinski definition) is 4. The van der Waals surface area contributed by atoms with Crippen molar-refractivity contribution >= 4 is 17.8 Å². The zero-order valence-corrected chi connectivity index (χ0v) is 16.3. The van der Waals surface area contributed by atoms with Crippen LogP contribution in [-0.2, 0) is 9.59 Å². The maximum atomic E-state index is 12.9. The first-order chi connectivity index (χ1) is 13.4. The van der Waals surface area contributed by atoms with Crippen LogP contribution in [0.3, 0.4) is 0 Å². The van der Waals surface area contributed by atoms with Gasteiger partial charge in [0.1, 0.15) is 12.1 Å². The van der Waals surface area contributed by atoms with Crippen molar-refractivity contribution in [2.75, 3.05) is 19.6 Å². The fourth-order valence-corrected chi connectivity index (χ4v) is 4.73. The third-order valence-electron chi connectivity index (χ3n) is 6.61. The number of nitrogens with zero attached hydrogens (tertiary/aromatic N) is 2. The summed E-state index contributed by atoms with van der Waals surface area (Å²) in [5.74, 6) is 0.158. The molecule has 3 N–H and O–H groups in total. The summed E-state index contributed by atoms with van der Waals surface area (Å²) in [6.07, 6.45) is 3.11. The molecule has 28 heavy (non-hydrogen) atoms. The molecular formula is C21H28N4O3. The predicted molar refractivity (Wildman–Crippen MR) is 104 cm³/mol. The molecule has 0 aromatic heterocycles. The SMILES string of the molecule is CC1CCC2(CC1)NC(=O)N(CC(=O)N1C[C@@H](N)[C@H](c3ccccc3)C1)C2=O. The molecule has 1 spiro atoms. The average molecular weight is 384 g/mol. The van der Waals surface area contributed by atoms with Crippen LogP contribution in [0.4, 0.5) is 4.79 Å². The molecule has 1 aromatic rings. The van der Waals surface area contributed by atoms with E-state index in [0.717, 1.165) is 23.3 Å². The van der Waals surface area contributed by atoms with E-state index in [9.17, 15) is 14.4 Å². The number of carbonyl (C=O) groups excluding carboxylic acids is 3. The van der Waals surface area contributed by atoms with E-state index in [0.29, 0.717) is 31.8 Å². The second-order valence-corrected chi connectivity index (χ2v) is 8.57. The molecule has 1 aliphatic carbocycles. The number of amides is 4. The van der Waals surface area contributed by atoms with Crippen molar-refractivity contribution in [3.05, 3.63) is 35.9 Å². The smallest absolute Gasteiger partial charge is 0.325 e. The summed E-state index contributed by atoms with van der Waals surface area (Å²) >= 11 is 0. The van der Waals surface area contributed by atoms with Crippen LogP contribution in [0.5, 0.6) is 0 Å². The lowest BCUT2D eigenvalue weighted by atomic mass is 9.77. The van der Waals surface area contributed by atoms with E-state index < -0.39 is 11.6 Å². The average Bonchev–Trinajstić information content (AvgIpc) is 3.19. The fraction of sp³-hybridized carbons (Fsp3) is 0.571. The Hall–Kier alpha value is -2.41. The molecule has 4 rings (SSSR count). The molecule has 4 amide bonds. The molecule has 2 aliphatic heterocycles. The summed E-state index contributed by atoms with van der Waals surface area (Å²) in [4.78, 5) is 41.0. The molecule has 150 valence electrons. The lowest BCUT2D eigenvalue weighted by Crippen LogP contribution is -2.50. The Morgan fingerprint density at radius 2 is 1.86 bits per heavy atom. The van der Waals surface area contributed by atoms with Gasteiger partial charge in [-0.3, -0.25) is 14.5 Å². The van der Waals surface area contributed by atoms with Gasteiger partial charge in [-0.25, -0.2) is 4.79 Å². The molecular weight excluding hydrogens is 356 g/mol. The van der Waals surface area contributed by atoms with Gasteiger partial charge in [0.05, 0.1) is 0 Å². The third kappa shape index (κ3) is 3.28. The minimum absolute atomic E-state index is 0.0689. The van der Waals surface area contributed by atoms with E-state index in [1.165, 1.54) is 0 Å². The molecule has 7 nitrogen and oxygen atoms in total. The molecule has 1 aromatic carbocycles. The number of likely N-dealkylation sites (tertiary alicyclic amines) is 1. The Kier molecular flexibility index (Phi) is 4.87. The van der Waals surface area contributed by atoms with Crippen LogP contribution in [0.25, 0.3) is 0 Å². The summed E-state index contributed by atoms with van der Waals surface area (Å²) in [6.45, 7) is 2.90. The third-order valence-corrected chi connectivity index (χ3v) is 6.61. The minimum Gasteiger partial charge on any atom is -0.339 e. The molecule has 1 saturated carbocycles. The molecule has 2 atom stereocenters. The number of imide groups is 1. The van der Waals surface area contributed by atoms with Gasteiger partial charge in [0.25, 0.3) is 5.91 Å². The van der Waals surface area contributed by atoms with E-state index in [-0.39, 0.29) is 30.3 Å². The van der Waals surface area contributed by atoms with Crippen molar-refractivity contribution in [2.45, 2.75) is 50.1 Å². The Balaban J connectivity index is 1.41. The summed E-state index contributed by atoms with van der Waals surface area (Å²) in [7, 11) is 0. The fourth-order valence-electron chi connectivity index (χ4n) is 4.73. The molecule has 2 saturated heterocycles. The van der Waals surface area contributed by atoms with Gasteiger partial charge in [-0.05, 0) is 37.2 Å². The molecule has 3 fully saturated rings. The number of nitrogens with two attached hydrogens (primary N) is 1. The van der Waals surface area contributed by atoms with Crippen LogP contribution in [0, 0.1) is 5.92 Å². The number of hydrogen-bond donors (Lipinski definition) is 2. The zero-order chi connectivity index (χ0) is 19.9. The van der Waals surface area contributed by atoms with E-state index in [4.69, 9.17) is 5.73 Å². The largest absolute Gasteiger partial charge is 0.339 e. The molecule has 0 radical (unpaired) electrons. The Morgan fingerprint density at radius 3 is 2.54 bits per heavy atom. The zero-order valence-electron chi connectivity index (χ0n) is 16.3. The van der Waals surface area contributed by atoms with Crippen LogP contribution in [0.2, 0.25) is 0 Å². The van der Waals surface area contributed by atoms with E-state index >= 15 is 0 Å². The van der Waals surface area contributed by atoms with Gasteiger partial charge in [-0.1, -0.05) is 37.3 Å². The molecule has 2 heterocycles. The van der Waals surface area contributed by atoms with Gasteiger partial charge < -0.3 is 16.0 Å². The topological polar surface area (TPSA) is 95.7 Å². The van der Waals surface area contributed by atoms with Crippen molar-refractivity contribution in [2.24, 2.45) is 11.7 Å². The highest BCUT2D eigenvalue weighted by molar-refractivity contribution is 6.09. The lowest BCUT2D eigenvalue weighted by Gasteiger charge is -2.33. The van der Waals surface area contributed by atoms with E-state index in [1.54, 1.807) is 4.90 Å². The molecule has 0 bridgehead atoms. The molecule has 3 aliphatic rings. The quantitative estimate of drug-likeness (QED) is 0.771. The van der Waals surface area contributed by atoms with Gasteiger partial charge in [0, 0.05) is 25.0 Å². The van der Waals surface area contributed by atoms with Gasteiger partial charge in [-0.15, -0.1) is 0 Å². The monoisotopic (exact) mass is 384 g/mol.